The minimum absolute atomic E-state index is 0.0154. The van der Waals surface area contributed by atoms with Crippen LogP contribution in [-0.4, -0.2) is 67.9 Å². The minimum Gasteiger partial charge on any atom is -0.545 e. The number of carbonyl (C=O) groups is 4. The lowest BCUT2D eigenvalue weighted by molar-refractivity contribution is -0.255. The van der Waals surface area contributed by atoms with Gasteiger partial charge in [0.05, 0.1) is 11.5 Å². The van der Waals surface area contributed by atoms with E-state index in [0.29, 0.717) is 5.56 Å². The number of rotatable bonds is 6. The van der Waals surface area contributed by atoms with Crippen molar-refractivity contribution in [2.24, 2.45) is 0 Å². The summed E-state index contributed by atoms with van der Waals surface area (Å²) in [5.74, 6) is -1.09. The van der Waals surface area contributed by atoms with E-state index in [9.17, 15) is 24.3 Å². The molecule has 10 nitrogen and oxygen atoms in total. The van der Waals surface area contributed by atoms with Crippen LogP contribution in [0.15, 0.2) is 42.5 Å². The fraction of sp³-hybridized carbons (Fsp3) is 0.359. The number of benzene rings is 3. The van der Waals surface area contributed by atoms with Gasteiger partial charge in [0.2, 0.25) is 5.36 Å². The number of carbonyl (C=O) groups excluding carboxylic acids is 4. The van der Waals surface area contributed by atoms with Crippen molar-refractivity contribution >= 4 is 35.0 Å². The van der Waals surface area contributed by atoms with Gasteiger partial charge in [-0.3, -0.25) is 19.3 Å². The first-order valence-corrected chi connectivity index (χ1v) is 17.5. The Kier molecular flexibility index (Phi) is 6.96. The zero-order valence-corrected chi connectivity index (χ0v) is 27.2. The van der Waals surface area contributed by atoms with Crippen LogP contribution in [0.4, 0.5) is 5.69 Å². The standard InChI is InChI=1S/C39H36N4O6/c44-31-11-12-32(45)43(31)18-13-40-38(46)24-9-10-25(28(21-24)39(47)48)33-29-19-22-5-1-14-41-16-3-7-26(34(22)41)36(29)49-37-27-8-4-17-42-15-2-6-23(35(27)42)20-30(33)37/h9-12,19-21H,1-8,13-18H2,(H-,40,46,47,48). The smallest absolute Gasteiger partial charge is 0.253 e. The lowest BCUT2D eigenvalue weighted by atomic mass is 9.81. The summed E-state index contributed by atoms with van der Waals surface area (Å²) in [5.41, 5.74) is 8.51. The van der Waals surface area contributed by atoms with Crippen LogP contribution in [-0.2, 0) is 35.3 Å². The molecule has 3 amide bonds. The molecule has 3 aromatic rings. The molecule has 6 aliphatic heterocycles. The van der Waals surface area contributed by atoms with Gasteiger partial charge in [-0.2, -0.15) is 0 Å². The number of ether oxygens (including phenoxy) is 1. The van der Waals surface area contributed by atoms with Crippen molar-refractivity contribution < 1.29 is 29.0 Å². The number of aromatic carboxylic acids is 1. The summed E-state index contributed by atoms with van der Waals surface area (Å²) in [7, 11) is 0. The van der Waals surface area contributed by atoms with Gasteiger partial charge < -0.3 is 24.9 Å². The van der Waals surface area contributed by atoms with Crippen molar-refractivity contribution in [2.45, 2.75) is 51.4 Å². The van der Waals surface area contributed by atoms with Crippen molar-refractivity contribution in [2.75, 3.05) is 44.2 Å². The summed E-state index contributed by atoms with van der Waals surface area (Å²) >= 11 is 0. The second-order valence-electron chi connectivity index (χ2n) is 13.8. The van der Waals surface area contributed by atoms with Crippen LogP contribution in [0.1, 0.15) is 79.8 Å². The first kappa shape index (κ1) is 29.9. The Hall–Kier alpha value is -5.25. The lowest BCUT2D eigenvalue weighted by Gasteiger charge is -2.39. The summed E-state index contributed by atoms with van der Waals surface area (Å²) in [6.45, 7) is 4.16. The number of carboxylic acids is 1. The first-order chi connectivity index (χ1) is 23.9. The summed E-state index contributed by atoms with van der Waals surface area (Å²) < 4.78 is 9.56. The van der Waals surface area contributed by atoms with Crippen molar-refractivity contribution in [3.05, 3.63) is 97.6 Å². The van der Waals surface area contributed by atoms with Crippen molar-refractivity contribution in [3.8, 4) is 11.5 Å². The Labute approximate surface area is 283 Å². The number of nitrogens with zero attached hydrogens (tertiary/aromatic N) is 3. The SMILES string of the molecule is O=C(NCCN1C(=O)C=CC1=O)c1ccc(C2=c3cc4c5c(c3Oc3c2cc2c6c3CCCN6CCC2)CCC[N+]=5CCC4)c(C(=O)[O-])c1. The molecule has 6 aliphatic rings. The van der Waals surface area contributed by atoms with Gasteiger partial charge >= 0.3 is 0 Å². The molecular weight excluding hydrogens is 620 g/mol. The van der Waals surface area contributed by atoms with Crippen molar-refractivity contribution in [1.29, 1.82) is 0 Å². The Balaban J connectivity index is 1.21. The van der Waals surface area contributed by atoms with Crippen LogP contribution < -0.4 is 35.2 Å². The quantitative estimate of drug-likeness (QED) is 0.244. The zero-order chi connectivity index (χ0) is 33.4. The van der Waals surface area contributed by atoms with Crippen molar-refractivity contribution in [1.82, 2.24) is 14.8 Å². The summed E-state index contributed by atoms with van der Waals surface area (Å²) in [4.78, 5) is 53.5. The normalized spacial score (nSPS) is 18.4. The van der Waals surface area contributed by atoms with E-state index >= 15 is 0 Å². The summed E-state index contributed by atoms with van der Waals surface area (Å²) in [5, 5.41) is 17.9. The highest BCUT2D eigenvalue weighted by atomic mass is 16.5. The van der Waals surface area contributed by atoms with Crippen LogP contribution in [0.25, 0.3) is 5.57 Å². The van der Waals surface area contributed by atoms with E-state index in [1.807, 2.05) is 0 Å². The fourth-order valence-electron chi connectivity index (χ4n) is 8.91. The molecule has 0 saturated heterocycles. The highest BCUT2D eigenvalue weighted by Gasteiger charge is 2.36. The zero-order valence-electron chi connectivity index (χ0n) is 27.2. The van der Waals surface area contributed by atoms with Gasteiger partial charge in [0.25, 0.3) is 17.7 Å². The summed E-state index contributed by atoms with van der Waals surface area (Å²) in [6, 6.07) is 9.18. The van der Waals surface area contributed by atoms with Crippen molar-refractivity contribution in [3.63, 3.8) is 0 Å². The highest BCUT2D eigenvalue weighted by molar-refractivity contribution is 6.13. The van der Waals surface area contributed by atoms with E-state index in [2.05, 4.69) is 26.9 Å². The van der Waals surface area contributed by atoms with Crippen LogP contribution in [0, 0.1) is 0 Å². The molecule has 0 bridgehead atoms. The van der Waals surface area contributed by atoms with Crippen LogP contribution in [0.2, 0.25) is 0 Å². The predicted molar refractivity (Wildman–Crippen MR) is 179 cm³/mol. The molecule has 0 spiro atoms. The third-order valence-corrected chi connectivity index (χ3v) is 11.0. The first-order valence-electron chi connectivity index (χ1n) is 17.5. The van der Waals surface area contributed by atoms with E-state index in [0.717, 1.165) is 110 Å². The second kappa shape index (κ2) is 11.4. The van der Waals surface area contributed by atoms with Gasteiger partial charge in [0, 0.05) is 95.5 Å². The van der Waals surface area contributed by atoms with Gasteiger partial charge in [-0.25, -0.2) is 4.58 Å². The monoisotopic (exact) mass is 656 g/mol. The van der Waals surface area contributed by atoms with Crippen LogP contribution in [0.3, 0.4) is 0 Å². The van der Waals surface area contributed by atoms with E-state index in [1.54, 1.807) is 12.1 Å². The summed E-state index contributed by atoms with van der Waals surface area (Å²) in [6.07, 6.45) is 10.3. The number of hydrogen-bond donors (Lipinski definition) is 1. The highest BCUT2D eigenvalue weighted by Crippen LogP contribution is 2.48. The molecular formula is C39H36N4O6. The Morgan fingerprint density at radius 2 is 1.57 bits per heavy atom. The molecule has 0 saturated carbocycles. The molecule has 10 heteroatoms. The van der Waals surface area contributed by atoms with Crippen LogP contribution >= 0.6 is 0 Å². The molecule has 0 unspecified atom stereocenters. The van der Waals surface area contributed by atoms with E-state index in [-0.39, 0.29) is 24.2 Å². The fourth-order valence-corrected chi connectivity index (χ4v) is 8.91. The van der Waals surface area contributed by atoms with Gasteiger partial charge in [0.15, 0.2) is 0 Å². The lowest BCUT2D eigenvalue weighted by Crippen LogP contribution is -2.45. The molecule has 0 radical (unpaired) electrons. The van der Waals surface area contributed by atoms with Gasteiger partial charge in [-0.15, -0.1) is 0 Å². The Bertz CT molecular complexity index is 2180. The predicted octanol–water partition coefficient (Wildman–Crippen LogP) is 1.14. The molecule has 49 heavy (non-hydrogen) atoms. The molecule has 9 rings (SSSR count). The maximum absolute atomic E-state index is 13.2. The molecule has 1 N–H and O–H groups in total. The number of hydrogen-bond acceptors (Lipinski definition) is 7. The maximum atomic E-state index is 13.2. The number of nitrogens with one attached hydrogen (secondary N) is 1. The Morgan fingerprint density at radius 1 is 0.837 bits per heavy atom. The molecule has 0 aliphatic carbocycles. The number of imide groups is 1. The molecule has 0 aromatic heterocycles. The maximum Gasteiger partial charge on any atom is 0.253 e. The second-order valence-corrected chi connectivity index (χ2v) is 13.8. The molecule has 3 aromatic carbocycles. The topological polar surface area (TPSA) is 122 Å². The third kappa shape index (κ3) is 4.71. The van der Waals surface area contributed by atoms with Gasteiger partial charge in [-0.1, -0.05) is 6.07 Å². The molecule has 248 valence electrons. The number of aryl methyl sites for hydroxylation is 2. The number of carboxylic acid groups (broad SMARTS) is 1. The number of anilines is 1. The van der Waals surface area contributed by atoms with E-state index < -0.39 is 23.7 Å². The average molecular weight is 657 g/mol. The van der Waals surface area contributed by atoms with Gasteiger partial charge in [0.1, 0.15) is 24.6 Å². The largest absolute Gasteiger partial charge is 0.545 e. The van der Waals surface area contributed by atoms with Crippen LogP contribution in [0.5, 0.6) is 11.5 Å². The average Bonchev–Trinajstić information content (AvgIpc) is 3.43. The van der Waals surface area contributed by atoms with Gasteiger partial charge in [-0.05, 0) is 73.9 Å². The molecule has 0 fully saturated rings. The molecule has 6 heterocycles. The third-order valence-electron chi connectivity index (χ3n) is 11.0. The number of fused-ring (bicyclic) bond motifs is 4. The minimum atomic E-state index is -1.37. The van der Waals surface area contributed by atoms with E-state index in [1.165, 1.54) is 51.5 Å². The Morgan fingerprint density at radius 3 is 2.37 bits per heavy atom. The van der Waals surface area contributed by atoms with E-state index in [4.69, 9.17) is 4.74 Å². The molecule has 0 atom stereocenters. The number of amides is 3.